The molecule has 0 spiro atoms. The summed E-state index contributed by atoms with van der Waals surface area (Å²) in [6.07, 6.45) is 3.48. The third kappa shape index (κ3) is 5.52. The zero-order valence-electron chi connectivity index (χ0n) is 14.5. The minimum absolute atomic E-state index is 0.255. The Morgan fingerprint density at radius 3 is 1.75 bits per heavy atom. The van der Waals surface area contributed by atoms with Gasteiger partial charge in [0.1, 0.15) is 0 Å². The van der Waals surface area contributed by atoms with Crippen molar-refractivity contribution in [3.63, 3.8) is 0 Å². The summed E-state index contributed by atoms with van der Waals surface area (Å²) in [5.41, 5.74) is 0. The Bertz CT molecular complexity index is 460. The number of carboxylic acids is 2. The zero-order valence-corrected chi connectivity index (χ0v) is 14.5. The topological polar surface area (TPSA) is 101 Å². The van der Waals surface area contributed by atoms with Crippen LogP contribution < -0.4 is 0 Å². The Labute approximate surface area is 142 Å². The lowest BCUT2D eigenvalue weighted by Crippen LogP contribution is -2.57. The molecule has 2 heterocycles. The van der Waals surface area contributed by atoms with E-state index in [4.69, 9.17) is 10.2 Å². The number of likely N-dealkylation sites (N-methyl/N-ethyl adjacent to an activating group) is 1. The number of hydrogen-bond acceptors (Lipinski definition) is 4. The first kappa shape index (κ1) is 20.0. The highest BCUT2D eigenvalue weighted by molar-refractivity contribution is 5.89. The van der Waals surface area contributed by atoms with Crippen LogP contribution in [0.1, 0.15) is 26.7 Å². The molecule has 2 aliphatic heterocycles. The quantitative estimate of drug-likeness (QED) is 0.738. The standard InChI is InChI=1S/C12H23N3O.C4H4O4/c1-4-14(5-2)12(16)15-10-6-7-11(15)9-13(3)8-10;5-3(6)1-2-4(7)8/h10-11H,4-9H2,1-3H3;1-2H,(H,5,6)(H,7,8)/b;2-1-. The van der Waals surface area contributed by atoms with Crippen LogP contribution in [-0.2, 0) is 9.59 Å². The maximum atomic E-state index is 12.4. The van der Waals surface area contributed by atoms with Crippen LogP contribution in [-0.4, -0.2) is 88.2 Å². The third-order valence-electron chi connectivity index (χ3n) is 4.29. The first-order valence-electron chi connectivity index (χ1n) is 8.19. The molecule has 2 rings (SSSR count). The van der Waals surface area contributed by atoms with E-state index in [0.29, 0.717) is 24.2 Å². The predicted molar refractivity (Wildman–Crippen MR) is 88.9 cm³/mol. The number of urea groups is 1. The van der Waals surface area contributed by atoms with E-state index in [2.05, 4.69) is 30.7 Å². The van der Waals surface area contributed by atoms with Gasteiger partial charge in [-0.15, -0.1) is 0 Å². The minimum atomic E-state index is -1.26. The van der Waals surface area contributed by atoms with Crippen LogP contribution in [0.4, 0.5) is 4.79 Å². The van der Waals surface area contributed by atoms with Crippen molar-refractivity contribution < 1.29 is 24.6 Å². The molecular formula is C16H27N3O5. The normalized spacial score (nSPS) is 22.9. The van der Waals surface area contributed by atoms with E-state index in [9.17, 15) is 14.4 Å². The molecule has 0 aromatic carbocycles. The van der Waals surface area contributed by atoms with E-state index >= 15 is 0 Å². The van der Waals surface area contributed by atoms with Crippen molar-refractivity contribution in [3.8, 4) is 0 Å². The largest absolute Gasteiger partial charge is 0.478 e. The SMILES string of the molecule is CCN(CC)C(=O)N1C2CCC1CN(C)C2.O=C(O)/C=C\C(=O)O. The van der Waals surface area contributed by atoms with Crippen molar-refractivity contribution in [1.82, 2.24) is 14.7 Å². The first-order valence-corrected chi connectivity index (χ1v) is 8.19. The number of carboxylic acid groups (broad SMARTS) is 2. The lowest BCUT2D eigenvalue weighted by atomic mass is 10.2. The highest BCUT2D eigenvalue weighted by Crippen LogP contribution is 2.30. The number of nitrogens with zero attached hydrogens (tertiary/aromatic N) is 3. The van der Waals surface area contributed by atoms with Gasteiger partial charge in [-0.3, -0.25) is 0 Å². The monoisotopic (exact) mass is 341 g/mol. The van der Waals surface area contributed by atoms with Crippen LogP contribution in [0.25, 0.3) is 0 Å². The average Bonchev–Trinajstić information content (AvgIpc) is 2.79. The zero-order chi connectivity index (χ0) is 18.3. The van der Waals surface area contributed by atoms with Gasteiger partial charge < -0.3 is 24.9 Å². The van der Waals surface area contributed by atoms with Crippen LogP contribution in [0, 0.1) is 0 Å². The molecule has 8 nitrogen and oxygen atoms in total. The second-order valence-electron chi connectivity index (χ2n) is 5.98. The summed E-state index contributed by atoms with van der Waals surface area (Å²) >= 11 is 0. The number of carbonyl (C=O) groups excluding carboxylic acids is 1. The smallest absolute Gasteiger partial charge is 0.328 e. The van der Waals surface area contributed by atoms with Crippen molar-refractivity contribution in [3.05, 3.63) is 12.2 Å². The van der Waals surface area contributed by atoms with Crippen molar-refractivity contribution >= 4 is 18.0 Å². The van der Waals surface area contributed by atoms with E-state index in [1.807, 2.05) is 4.90 Å². The molecule has 2 aliphatic rings. The molecule has 0 radical (unpaired) electrons. The summed E-state index contributed by atoms with van der Waals surface area (Å²) in [5.74, 6) is -2.51. The highest BCUT2D eigenvalue weighted by atomic mass is 16.4. The average molecular weight is 341 g/mol. The van der Waals surface area contributed by atoms with Gasteiger partial charge in [0.25, 0.3) is 0 Å². The van der Waals surface area contributed by atoms with Gasteiger partial charge in [-0.25, -0.2) is 14.4 Å². The Morgan fingerprint density at radius 2 is 1.42 bits per heavy atom. The number of piperazine rings is 1. The van der Waals surface area contributed by atoms with Gasteiger partial charge in [-0.05, 0) is 33.7 Å². The van der Waals surface area contributed by atoms with E-state index in [-0.39, 0.29) is 6.03 Å². The highest BCUT2D eigenvalue weighted by Gasteiger charge is 2.42. The van der Waals surface area contributed by atoms with Crippen LogP contribution in [0.15, 0.2) is 12.2 Å². The molecule has 0 aromatic heterocycles. The molecule has 0 saturated carbocycles. The Morgan fingerprint density at radius 1 is 1.00 bits per heavy atom. The first-order chi connectivity index (χ1) is 11.3. The van der Waals surface area contributed by atoms with Crippen molar-refractivity contribution in [2.45, 2.75) is 38.8 Å². The van der Waals surface area contributed by atoms with Gasteiger partial charge in [-0.2, -0.15) is 0 Å². The fraction of sp³-hybridized carbons (Fsp3) is 0.688. The number of aliphatic carboxylic acids is 2. The molecule has 2 unspecified atom stereocenters. The second-order valence-corrected chi connectivity index (χ2v) is 5.98. The number of likely N-dealkylation sites (tertiary alicyclic amines) is 1. The lowest BCUT2D eigenvalue weighted by molar-refractivity contribution is -0.134. The molecule has 2 saturated heterocycles. The van der Waals surface area contributed by atoms with Crippen molar-refractivity contribution in [1.29, 1.82) is 0 Å². The van der Waals surface area contributed by atoms with Crippen LogP contribution in [0.5, 0.6) is 0 Å². The summed E-state index contributed by atoms with van der Waals surface area (Å²) in [4.78, 5) is 37.9. The number of hydrogen-bond donors (Lipinski definition) is 2. The van der Waals surface area contributed by atoms with Crippen LogP contribution in [0.3, 0.4) is 0 Å². The number of fused-ring (bicyclic) bond motifs is 2. The maximum Gasteiger partial charge on any atom is 0.328 e. The minimum Gasteiger partial charge on any atom is -0.478 e. The van der Waals surface area contributed by atoms with Crippen LogP contribution in [0.2, 0.25) is 0 Å². The van der Waals surface area contributed by atoms with Gasteiger partial charge in [0.15, 0.2) is 0 Å². The van der Waals surface area contributed by atoms with E-state index in [1.165, 1.54) is 12.8 Å². The Kier molecular flexibility index (Phi) is 7.70. The summed E-state index contributed by atoms with van der Waals surface area (Å²) in [5, 5.41) is 15.6. The molecule has 2 atom stereocenters. The molecule has 24 heavy (non-hydrogen) atoms. The van der Waals surface area contributed by atoms with E-state index < -0.39 is 11.9 Å². The molecule has 2 N–H and O–H groups in total. The third-order valence-corrected chi connectivity index (χ3v) is 4.29. The molecule has 0 aliphatic carbocycles. The van der Waals surface area contributed by atoms with E-state index in [0.717, 1.165) is 26.2 Å². The van der Waals surface area contributed by atoms with E-state index in [1.54, 1.807) is 0 Å². The van der Waals surface area contributed by atoms with Gasteiger partial charge >= 0.3 is 18.0 Å². The van der Waals surface area contributed by atoms with Gasteiger partial charge in [0, 0.05) is 50.4 Å². The van der Waals surface area contributed by atoms with Crippen molar-refractivity contribution in [2.75, 3.05) is 33.2 Å². The predicted octanol–water partition coefficient (Wildman–Crippen LogP) is 0.938. The van der Waals surface area contributed by atoms with Crippen LogP contribution >= 0.6 is 0 Å². The molecule has 2 fully saturated rings. The van der Waals surface area contributed by atoms with Gasteiger partial charge in [0.2, 0.25) is 0 Å². The fourth-order valence-electron chi connectivity index (χ4n) is 3.23. The summed E-state index contributed by atoms with van der Waals surface area (Å²) in [7, 11) is 2.16. The second kappa shape index (κ2) is 9.27. The summed E-state index contributed by atoms with van der Waals surface area (Å²) in [6, 6.07) is 1.17. The lowest BCUT2D eigenvalue weighted by Gasteiger charge is -2.41. The van der Waals surface area contributed by atoms with Gasteiger partial charge in [-0.1, -0.05) is 0 Å². The molecular weight excluding hydrogens is 314 g/mol. The number of rotatable bonds is 4. The Balaban J connectivity index is 0.000000307. The molecule has 8 heteroatoms. The molecule has 2 amide bonds. The fourth-order valence-corrected chi connectivity index (χ4v) is 3.23. The molecule has 136 valence electrons. The summed E-state index contributed by atoms with van der Waals surface area (Å²) in [6.45, 7) is 7.84. The number of amides is 2. The molecule has 0 aromatic rings. The van der Waals surface area contributed by atoms with Crippen molar-refractivity contribution in [2.24, 2.45) is 0 Å². The maximum absolute atomic E-state index is 12.4. The number of carbonyl (C=O) groups is 3. The van der Waals surface area contributed by atoms with Gasteiger partial charge in [0.05, 0.1) is 0 Å². The summed E-state index contributed by atoms with van der Waals surface area (Å²) < 4.78 is 0. The Hall–Kier alpha value is -2.09. The molecule has 2 bridgehead atoms.